The maximum atomic E-state index is 10.8. The molecule has 0 saturated heterocycles. The molecule has 0 bridgehead atoms. The lowest BCUT2D eigenvalue weighted by Gasteiger charge is -2.07. The average molecular weight is 170 g/mol. The van der Waals surface area contributed by atoms with Gasteiger partial charge in [0.2, 0.25) is 0 Å². The van der Waals surface area contributed by atoms with E-state index in [9.17, 15) is 9.90 Å². The Morgan fingerprint density at radius 1 is 1.58 bits per heavy atom. The first-order chi connectivity index (χ1) is 5.49. The molecule has 0 aromatic rings. The van der Waals surface area contributed by atoms with Crippen molar-refractivity contribution in [3.63, 3.8) is 0 Å². The lowest BCUT2D eigenvalue weighted by Crippen LogP contribution is -2.16. The van der Waals surface area contributed by atoms with Crippen LogP contribution in [0.4, 0.5) is 0 Å². The van der Waals surface area contributed by atoms with Crippen LogP contribution in [0.3, 0.4) is 0 Å². The van der Waals surface area contributed by atoms with Crippen molar-refractivity contribution >= 4 is 5.97 Å². The summed E-state index contributed by atoms with van der Waals surface area (Å²) >= 11 is 0. The summed E-state index contributed by atoms with van der Waals surface area (Å²) < 4.78 is 4.39. The van der Waals surface area contributed by atoms with Crippen molar-refractivity contribution in [1.82, 2.24) is 0 Å². The van der Waals surface area contributed by atoms with Gasteiger partial charge in [-0.3, -0.25) is 0 Å². The van der Waals surface area contributed by atoms with Crippen LogP contribution in [0.25, 0.3) is 0 Å². The third-order valence-electron chi connectivity index (χ3n) is 1.30. The zero-order valence-corrected chi connectivity index (χ0v) is 7.63. The van der Waals surface area contributed by atoms with E-state index in [1.165, 1.54) is 7.11 Å². The summed E-state index contributed by atoms with van der Waals surface area (Å²) in [6.07, 6.45) is 0.599. The lowest BCUT2D eigenvalue weighted by atomic mass is 10.1. The zero-order chi connectivity index (χ0) is 9.72. The molecule has 1 unspecified atom stereocenters. The molecule has 0 spiro atoms. The molecular weight excluding hydrogens is 156 g/mol. The van der Waals surface area contributed by atoms with Crippen LogP contribution >= 0.6 is 0 Å². The minimum atomic E-state index is -0.942. The Hall–Kier alpha value is -1.09. The van der Waals surface area contributed by atoms with Crippen molar-refractivity contribution in [1.29, 1.82) is 0 Å². The molecule has 0 amide bonds. The van der Waals surface area contributed by atoms with Crippen LogP contribution in [0.15, 0.2) is 23.8 Å². The van der Waals surface area contributed by atoms with Gasteiger partial charge in [-0.05, 0) is 13.8 Å². The number of carbonyl (C=O) groups excluding carboxylic acids is 1. The predicted molar refractivity (Wildman–Crippen MR) is 46.6 cm³/mol. The first-order valence-corrected chi connectivity index (χ1v) is 3.59. The molecule has 3 nitrogen and oxygen atoms in total. The number of methoxy groups -OCH3 is 1. The van der Waals surface area contributed by atoms with Gasteiger partial charge >= 0.3 is 5.97 Å². The fourth-order valence-electron chi connectivity index (χ4n) is 0.668. The highest BCUT2D eigenvalue weighted by atomic mass is 16.5. The van der Waals surface area contributed by atoms with E-state index in [2.05, 4.69) is 11.3 Å². The number of ether oxygens (including phenoxy) is 1. The summed E-state index contributed by atoms with van der Waals surface area (Å²) in [6.45, 7) is 7.06. The van der Waals surface area contributed by atoms with Gasteiger partial charge in [-0.1, -0.05) is 18.2 Å². The molecule has 0 fully saturated rings. The highest BCUT2D eigenvalue weighted by Crippen LogP contribution is 2.05. The topological polar surface area (TPSA) is 46.5 Å². The molecule has 68 valence electrons. The Labute approximate surface area is 72.3 Å². The number of carbonyl (C=O) groups is 1. The third-order valence-corrected chi connectivity index (χ3v) is 1.30. The van der Waals surface area contributed by atoms with Crippen molar-refractivity contribution < 1.29 is 14.6 Å². The molecule has 0 rings (SSSR count). The highest BCUT2D eigenvalue weighted by molar-refractivity contribution is 5.89. The SMILES string of the molecule is C=C(C(=O)OC)C(O)C=C(C)C. The van der Waals surface area contributed by atoms with Crippen LogP contribution in [-0.4, -0.2) is 24.3 Å². The fourth-order valence-corrected chi connectivity index (χ4v) is 0.668. The number of hydrogen-bond acceptors (Lipinski definition) is 3. The molecule has 12 heavy (non-hydrogen) atoms. The smallest absolute Gasteiger partial charge is 0.336 e. The van der Waals surface area contributed by atoms with Gasteiger partial charge < -0.3 is 9.84 Å². The molecule has 0 aliphatic rings. The Morgan fingerprint density at radius 2 is 2.08 bits per heavy atom. The minimum Gasteiger partial charge on any atom is -0.466 e. The van der Waals surface area contributed by atoms with Gasteiger partial charge in [0.1, 0.15) is 6.10 Å². The number of rotatable bonds is 3. The lowest BCUT2D eigenvalue weighted by molar-refractivity contribution is -0.136. The normalized spacial score (nSPS) is 11.7. The molecule has 0 aliphatic heterocycles. The van der Waals surface area contributed by atoms with E-state index in [0.717, 1.165) is 5.57 Å². The van der Waals surface area contributed by atoms with Crippen LogP contribution in [0.1, 0.15) is 13.8 Å². The minimum absolute atomic E-state index is 0.0544. The molecular formula is C9H14O3. The van der Waals surface area contributed by atoms with E-state index in [1.54, 1.807) is 6.08 Å². The van der Waals surface area contributed by atoms with Gasteiger partial charge in [-0.2, -0.15) is 0 Å². The number of hydrogen-bond donors (Lipinski definition) is 1. The number of allylic oxidation sites excluding steroid dienone is 1. The van der Waals surface area contributed by atoms with Crippen LogP contribution < -0.4 is 0 Å². The summed E-state index contributed by atoms with van der Waals surface area (Å²) in [5, 5.41) is 9.31. The van der Waals surface area contributed by atoms with Crippen molar-refractivity contribution in [2.75, 3.05) is 7.11 Å². The molecule has 0 heterocycles. The first-order valence-electron chi connectivity index (χ1n) is 3.59. The van der Waals surface area contributed by atoms with Crippen molar-refractivity contribution in [2.45, 2.75) is 20.0 Å². The quantitative estimate of drug-likeness (QED) is 0.391. The number of aliphatic hydroxyl groups excluding tert-OH is 1. The highest BCUT2D eigenvalue weighted by Gasteiger charge is 2.13. The van der Waals surface area contributed by atoms with Crippen molar-refractivity contribution in [3.05, 3.63) is 23.8 Å². The fraction of sp³-hybridized carbons (Fsp3) is 0.444. The van der Waals surface area contributed by atoms with Crippen LogP contribution in [0, 0.1) is 0 Å². The molecule has 0 aromatic carbocycles. The van der Waals surface area contributed by atoms with Crippen molar-refractivity contribution in [2.24, 2.45) is 0 Å². The third kappa shape index (κ3) is 3.34. The summed E-state index contributed by atoms with van der Waals surface area (Å²) in [4.78, 5) is 10.8. The van der Waals surface area contributed by atoms with E-state index < -0.39 is 12.1 Å². The second-order valence-corrected chi connectivity index (χ2v) is 2.71. The molecule has 0 aliphatic carbocycles. The van der Waals surface area contributed by atoms with Crippen molar-refractivity contribution in [3.8, 4) is 0 Å². The second-order valence-electron chi connectivity index (χ2n) is 2.71. The molecule has 1 atom stereocenters. The largest absolute Gasteiger partial charge is 0.466 e. The van der Waals surface area contributed by atoms with Crippen LogP contribution in [0.2, 0.25) is 0 Å². The van der Waals surface area contributed by atoms with Gasteiger partial charge in [-0.15, -0.1) is 0 Å². The Kier molecular flexibility index (Phi) is 4.29. The number of aliphatic hydroxyl groups is 1. The summed E-state index contributed by atoms with van der Waals surface area (Å²) in [5.74, 6) is -0.583. The van der Waals surface area contributed by atoms with E-state index in [1.807, 2.05) is 13.8 Å². The van der Waals surface area contributed by atoms with Gasteiger partial charge in [-0.25, -0.2) is 4.79 Å². The molecule has 0 aromatic heterocycles. The molecule has 3 heteroatoms. The standard InChI is InChI=1S/C9H14O3/c1-6(2)5-8(10)7(3)9(11)12-4/h5,8,10H,3H2,1-2,4H3. The van der Waals surface area contributed by atoms with Gasteiger partial charge in [0.25, 0.3) is 0 Å². The molecule has 0 saturated carbocycles. The molecule has 1 N–H and O–H groups in total. The Bertz CT molecular complexity index is 212. The van der Waals surface area contributed by atoms with Gasteiger partial charge in [0.05, 0.1) is 12.7 Å². The van der Waals surface area contributed by atoms with E-state index in [0.29, 0.717) is 0 Å². The maximum absolute atomic E-state index is 10.8. The first kappa shape index (κ1) is 10.9. The monoisotopic (exact) mass is 170 g/mol. The number of esters is 1. The summed E-state index contributed by atoms with van der Waals surface area (Å²) in [6, 6.07) is 0. The van der Waals surface area contributed by atoms with E-state index in [-0.39, 0.29) is 5.57 Å². The maximum Gasteiger partial charge on any atom is 0.336 e. The second kappa shape index (κ2) is 4.72. The predicted octanol–water partition coefficient (Wildman–Crippen LogP) is 1.04. The van der Waals surface area contributed by atoms with Gasteiger partial charge in [0.15, 0.2) is 0 Å². The zero-order valence-electron chi connectivity index (χ0n) is 7.63. The van der Waals surface area contributed by atoms with Gasteiger partial charge in [0, 0.05) is 0 Å². The molecule has 0 radical (unpaired) electrons. The van der Waals surface area contributed by atoms with E-state index in [4.69, 9.17) is 0 Å². The Balaban J connectivity index is 4.30. The Morgan fingerprint density at radius 3 is 2.42 bits per heavy atom. The van der Waals surface area contributed by atoms with Crippen LogP contribution in [-0.2, 0) is 9.53 Å². The van der Waals surface area contributed by atoms with Crippen LogP contribution in [0.5, 0.6) is 0 Å². The van der Waals surface area contributed by atoms with E-state index >= 15 is 0 Å². The summed E-state index contributed by atoms with van der Waals surface area (Å²) in [7, 11) is 1.25. The average Bonchev–Trinajstić information content (AvgIpc) is 2.00. The summed E-state index contributed by atoms with van der Waals surface area (Å²) in [5.41, 5.74) is 0.978.